The maximum Gasteiger partial charge on any atom is 0.321 e. The Hall–Kier alpha value is -2.04. The van der Waals surface area contributed by atoms with E-state index in [4.69, 9.17) is 0 Å². The molecule has 2 rings (SSSR count). The van der Waals surface area contributed by atoms with Crippen LogP contribution in [0.1, 0.15) is 30.9 Å². The molecule has 0 fully saturated rings. The summed E-state index contributed by atoms with van der Waals surface area (Å²) in [5, 5.41) is 7.85. The lowest BCUT2D eigenvalue weighted by atomic mass is 9.90. The Balaban J connectivity index is 2.06. The van der Waals surface area contributed by atoms with Crippen molar-refractivity contribution in [2.45, 2.75) is 38.6 Å². The number of hydrogen-bond acceptors (Lipinski definition) is 3. The second kappa shape index (κ2) is 6.41. The summed E-state index contributed by atoms with van der Waals surface area (Å²) < 4.78 is 0. The maximum atomic E-state index is 11.9. The maximum absolute atomic E-state index is 11.9. The van der Waals surface area contributed by atoms with Gasteiger partial charge in [0.05, 0.1) is 0 Å². The zero-order valence-electron chi connectivity index (χ0n) is 12.0. The van der Waals surface area contributed by atoms with E-state index in [0.717, 1.165) is 18.5 Å². The van der Waals surface area contributed by atoms with Gasteiger partial charge in [0.2, 0.25) is 5.91 Å². The highest BCUT2D eigenvalue weighted by molar-refractivity contribution is 5.97. The summed E-state index contributed by atoms with van der Waals surface area (Å²) >= 11 is 0. The van der Waals surface area contributed by atoms with Crippen molar-refractivity contribution in [3.8, 4) is 0 Å². The average molecular weight is 275 g/mol. The van der Waals surface area contributed by atoms with Crippen molar-refractivity contribution >= 4 is 17.6 Å². The molecular weight excluding hydrogens is 254 g/mol. The lowest BCUT2D eigenvalue weighted by Gasteiger charge is -2.22. The third-order valence-electron chi connectivity index (χ3n) is 3.63. The number of benzene rings is 1. The van der Waals surface area contributed by atoms with E-state index < -0.39 is 12.1 Å². The Kier molecular flexibility index (Phi) is 4.61. The number of nitrogens with one attached hydrogen (secondary N) is 3. The molecule has 5 heteroatoms. The molecule has 0 aromatic heterocycles. The highest BCUT2D eigenvalue weighted by atomic mass is 16.2. The number of hydrogen-bond donors (Lipinski definition) is 3. The van der Waals surface area contributed by atoms with Crippen molar-refractivity contribution in [2.75, 3.05) is 12.4 Å². The van der Waals surface area contributed by atoms with E-state index in [1.54, 1.807) is 6.92 Å². The van der Waals surface area contributed by atoms with Crippen LogP contribution in [0.2, 0.25) is 0 Å². The number of aryl methyl sites for hydroxylation is 1. The lowest BCUT2D eigenvalue weighted by Crippen LogP contribution is -2.44. The topological polar surface area (TPSA) is 70.2 Å². The molecule has 0 radical (unpaired) electrons. The Morgan fingerprint density at radius 3 is 2.70 bits per heavy atom. The Bertz CT molecular complexity index is 514. The molecular formula is C15H21N3O2. The first-order valence-electron chi connectivity index (χ1n) is 7.01. The molecule has 1 aromatic carbocycles. The van der Waals surface area contributed by atoms with Gasteiger partial charge in [0, 0.05) is 12.7 Å². The summed E-state index contributed by atoms with van der Waals surface area (Å²) in [6, 6.07) is 5.21. The molecule has 108 valence electrons. The van der Waals surface area contributed by atoms with Crippen LogP contribution in [-0.2, 0) is 17.6 Å². The summed E-state index contributed by atoms with van der Waals surface area (Å²) in [5.74, 6) is -0.335. The van der Waals surface area contributed by atoms with Gasteiger partial charge in [-0.05, 0) is 49.8 Å². The molecule has 3 amide bonds. The van der Waals surface area contributed by atoms with Crippen LogP contribution in [0.15, 0.2) is 18.2 Å². The number of carbonyl (C=O) groups is 2. The van der Waals surface area contributed by atoms with E-state index in [9.17, 15) is 9.59 Å². The number of carbonyl (C=O) groups excluding carboxylic acids is 2. The molecule has 1 aromatic rings. The van der Waals surface area contributed by atoms with Crippen molar-refractivity contribution in [3.05, 3.63) is 29.3 Å². The predicted molar refractivity (Wildman–Crippen MR) is 78.8 cm³/mol. The molecule has 1 atom stereocenters. The van der Waals surface area contributed by atoms with Crippen LogP contribution < -0.4 is 16.0 Å². The smallest absolute Gasteiger partial charge is 0.321 e. The second-order valence-electron chi connectivity index (χ2n) is 5.08. The molecule has 20 heavy (non-hydrogen) atoms. The standard InChI is InChI=1S/C15H21N3O2/c1-10(14(19)18-15(20)16-2)17-13-9-5-7-11-6-3-4-8-12(11)13/h5,7,9-10,17H,3-4,6,8H2,1-2H3,(H2,16,18,19,20)/t10-/m0/s1. The summed E-state index contributed by atoms with van der Waals surface area (Å²) in [7, 11) is 1.48. The quantitative estimate of drug-likeness (QED) is 0.788. The molecule has 1 aliphatic carbocycles. The summed E-state index contributed by atoms with van der Waals surface area (Å²) in [6.45, 7) is 1.75. The number of fused-ring (bicyclic) bond motifs is 1. The van der Waals surface area contributed by atoms with Gasteiger partial charge in [0.15, 0.2) is 0 Å². The molecule has 0 bridgehead atoms. The van der Waals surface area contributed by atoms with E-state index in [-0.39, 0.29) is 5.91 Å². The van der Waals surface area contributed by atoms with Crippen LogP contribution in [-0.4, -0.2) is 25.0 Å². The fraction of sp³-hybridized carbons (Fsp3) is 0.467. The minimum absolute atomic E-state index is 0.335. The van der Waals surface area contributed by atoms with Crippen molar-refractivity contribution in [3.63, 3.8) is 0 Å². The van der Waals surface area contributed by atoms with Crippen LogP contribution in [0.5, 0.6) is 0 Å². The van der Waals surface area contributed by atoms with Gasteiger partial charge in [-0.1, -0.05) is 12.1 Å². The zero-order valence-corrected chi connectivity index (χ0v) is 12.0. The largest absolute Gasteiger partial charge is 0.374 e. The van der Waals surface area contributed by atoms with Crippen molar-refractivity contribution in [1.29, 1.82) is 0 Å². The second-order valence-corrected chi connectivity index (χ2v) is 5.08. The normalized spacial score (nSPS) is 14.9. The molecule has 0 spiro atoms. The van der Waals surface area contributed by atoms with E-state index in [1.165, 1.54) is 31.0 Å². The van der Waals surface area contributed by atoms with E-state index in [0.29, 0.717) is 0 Å². The van der Waals surface area contributed by atoms with E-state index in [1.807, 2.05) is 12.1 Å². The molecule has 0 aliphatic heterocycles. The van der Waals surface area contributed by atoms with Gasteiger partial charge in [-0.3, -0.25) is 10.1 Å². The fourth-order valence-electron chi connectivity index (χ4n) is 2.50. The van der Waals surface area contributed by atoms with E-state index in [2.05, 4.69) is 22.0 Å². The number of urea groups is 1. The minimum Gasteiger partial charge on any atom is -0.374 e. The van der Waals surface area contributed by atoms with Crippen molar-refractivity contribution in [1.82, 2.24) is 10.6 Å². The summed E-state index contributed by atoms with van der Waals surface area (Å²) in [5.41, 5.74) is 3.67. The summed E-state index contributed by atoms with van der Waals surface area (Å²) in [6.07, 6.45) is 4.56. The van der Waals surface area contributed by atoms with Gasteiger partial charge >= 0.3 is 6.03 Å². The molecule has 0 saturated heterocycles. The lowest BCUT2D eigenvalue weighted by molar-refractivity contribution is -0.120. The van der Waals surface area contributed by atoms with E-state index >= 15 is 0 Å². The number of rotatable bonds is 3. The third kappa shape index (κ3) is 3.29. The van der Waals surface area contributed by atoms with Gasteiger partial charge in [-0.15, -0.1) is 0 Å². The Labute approximate surface area is 119 Å². The molecule has 5 nitrogen and oxygen atoms in total. The monoisotopic (exact) mass is 275 g/mol. The van der Waals surface area contributed by atoms with Gasteiger partial charge < -0.3 is 10.6 Å². The van der Waals surface area contributed by atoms with Crippen LogP contribution >= 0.6 is 0 Å². The van der Waals surface area contributed by atoms with Crippen LogP contribution in [0, 0.1) is 0 Å². The predicted octanol–water partition coefficient (Wildman–Crippen LogP) is 1.82. The van der Waals surface area contributed by atoms with Gasteiger partial charge in [0.25, 0.3) is 0 Å². The minimum atomic E-state index is -0.487. The molecule has 1 aliphatic rings. The fourth-order valence-corrected chi connectivity index (χ4v) is 2.50. The molecule has 0 heterocycles. The summed E-state index contributed by atoms with van der Waals surface area (Å²) in [4.78, 5) is 23.0. The van der Waals surface area contributed by atoms with Crippen LogP contribution in [0.3, 0.4) is 0 Å². The molecule has 0 saturated carbocycles. The highest BCUT2D eigenvalue weighted by Crippen LogP contribution is 2.28. The first kappa shape index (κ1) is 14.4. The van der Waals surface area contributed by atoms with Crippen molar-refractivity contribution in [2.24, 2.45) is 0 Å². The zero-order chi connectivity index (χ0) is 14.5. The first-order chi connectivity index (χ1) is 9.61. The van der Waals surface area contributed by atoms with Gasteiger partial charge in [-0.2, -0.15) is 0 Å². The first-order valence-corrected chi connectivity index (χ1v) is 7.01. The Morgan fingerprint density at radius 2 is 1.95 bits per heavy atom. The Morgan fingerprint density at radius 1 is 1.20 bits per heavy atom. The SMILES string of the molecule is CNC(=O)NC(=O)[C@H](C)Nc1cccc2c1CCCC2. The van der Waals surface area contributed by atoms with Crippen LogP contribution in [0.4, 0.5) is 10.5 Å². The van der Waals surface area contributed by atoms with Gasteiger partial charge in [0.1, 0.15) is 6.04 Å². The average Bonchev–Trinajstić information content (AvgIpc) is 2.47. The third-order valence-corrected chi connectivity index (χ3v) is 3.63. The number of imide groups is 1. The van der Waals surface area contributed by atoms with Gasteiger partial charge in [-0.25, -0.2) is 4.79 Å². The van der Waals surface area contributed by atoms with Crippen molar-refractivity contribution < 1.29 is 9.59 Å². The van der Waals surface area contributed by atoms with Crippen LogP contribution in [0.25, 0.3) is 0 Å². The molecule has 0 unspecified atom stereocenters. The highest BCUT2D eigenvalue weighted by Gasteiger charge is 2.18. The number of anilines is 1. The number of amides is 3. The molecule has 3 N–H and O–H groups in total.